The van der Waals surface area contributed by atoms with Crippen LogP contribution in [0.3, 0.4) is 0 Å². The lowest BCUT2D eigenvalue weighted by Gasteiger charge is -2.25. The number of carboxylic acids is 1. The molecular weight excluding hydrogens is 250 g/mol. The Morgan fingerprint density at radius 2 is 2.11 bits per heavy atom. The van der Waals surface area contributed by atoms with Crippen molar-refractivity contribution in [3.63, 3.8) is 0 Å². The molecule has 1 saturated carbocycles. The average molecular weight is 271 g/mol. The van der Waals surface area contributed by atoms with Gasteiger partial charge in [-0.05, 0) is 24.7 Å². The highest BCUT2D eigenvalue weighted by Gasteiger charge is 2.58. The van der Waals surface area contributed by atoms with Gasteiger partial charge in [0.05, 0.1) is 6.61 Å². The Bertz CT molecular complexity index is 351. The number of nitrogens with zero attached hydrogens (tertiary/aromatic N) is 1. The Balaban J connectivity index is 1.93. The first-order valence-electron chi connectivity index (χ1n) is 6.66. The van der Waals surface area contributed by atoms with E-state index in [0.29, 0.717) is 26.4 Å². The second-order valence-electron chi connectivity index (χ2n) is 5.38. The molecule has 6 heteroatoms. The quantitative estimate of drug-likeness (QED) is 0.755. The molecule has 1 unspecified atom stereocenters. The van der Waals surface area contributed by atoms with Gasteiger partial charge in [-0.3, -0.25) is 9.59 Å². The minimum absolute atomic E-state index is 0.0207. The van der Waals surface area contributed by atoms with Crippen molar-refractivity contribution in [3.8, 4) is 0 Å². The third kappa shape index (κ3) is 3.25. The fourth-order valence-corrected chi connectivity index (χ4v) is 2.88. The molecule has 1 amide bonds. The van der Waals surface area contributed by atoms with Crippen LogP contribution in [0.4, 0.5) is 0 Å². The third-order valence-electron chi connectivity index (χ3n) is 4.18. The van der Waals surface area contributed by atoms with E-state index >= 15 is 0 Å². The molecule has 1 aliphatic carbocycles. The zero-order valence-corrected chi connectivity index (χ0v) is 11.3. The number of ether oxygens (including phenoxy) is 2. The summed E-state index contributed by atoms with van der Waals surface area (Å²) in [6.07, 6.45) is 2.70. The molecule has 0 aromatic heterocycles. The van der Waals surface area contributed by atoms with Crippen LogP contribution in [0.2, 0.25) is 0 Å². The molecule has 0 aromatic rings. The maximum Gasteiger partial charge on any atom is 0.323 e. The standard InChI is InChI=1S/C13H21NO5/c1-18-7-4-14(9-11(15)16)12(17)10-8-13(10)2-5-19-6-3-13/h10H,2-9H2,1H3,(H,15,16). The van der Waals surface area contributed by atoms with Crippen LogP contribution in [-0.2, 0) is 19.1 Å². The second-order valence-corrected chi connectivity index (χ2v) is 5.38. The number of hydrogen-bond donors (Lipinski definition) is 1. The van der Waals surface area contributed by atoms with Gasteiger partial charge >= 0.3 is 5.97 Å². The topological polar surface area (TPSA) is 76.1 Å². The summed E-state index contributed by atoms with van der Waals surface area (Å²) in [7, 11) is 1.54. The van der Waals surface area contributed by atoms with Crippen LogP contribution in [-0.4, -0.2) is 61.9 Å². The summed E-state index contributed by atoms with van der Waals surface area (Å²) in [5.41, 5.74) is 0.0825. The molecule has 2 fully saturated rings. The van der Waals surface area contributed by atoms with Gasteiger partial charge in [0.15, 0.2) is 0 Å². The van der Waals surface area contributed by atoms with E-state index in [2.05, 4.69) is 0 Å². The van der Waals surface area contributed by atoms with Crippen molar-refractivity contribution < 1.29 is 24.2 Å². The van der Waals surface area contributed by atoms with Gasteiger partial charge in [0, 0.05) is 32.8 Å². The normalized spacial score (nSPS) is 24.2. The average Bonchev–Trinajstić information content (AvgIpc) is 3.07. The molecule has 1 aliphatic heterocycles. The van der Waals surface area contributed by atoms with Crippen LogP contribution in [0.5, 0.6) is 0 Å². The maximum absolute atomic E-state index is 12.4. The van der Waals surface area contributed by atoms with Gasteiger partial charge in [-0.25, -0.2) is 0 Å². The van der Waals surface area contributed by atoms with Crippen LogP contribution in [0.15, 0.2) is 0 Å². The zero-order chi connectivity index (χ0) is 13.9. The molecule has 108 valence electrons. The summed E-state index contributed by atoms with van der Waals surface area (Å²) in [5, 5.41) is 8.88. The fourth-order valence-electron chi connectivity index (χ4n) is 2.88. The predicted molar refractivity (Wildman–Crippen MR) is 66.7 cm³/mol. The molecule has 0 bridgehead atoms. The lowest BCUT2D eigenvalue weighted by molar-refractivity contribution is -0.146. The van der Waals surface area contributed by atoms with Gasteiger partial charge in [0.25, 0.3) is 0 Å². The van der Waals surface area contributed by atoms with Crippen molar-refractivity contribution in [2.24, 2.45) is 11.3 Å². The molecule has 2 rings (SSSR count). The van der Waals surface area contributed by atoms with E-state index in [0.717, 1.165) is 19.3 Å². The van der Waals surface area contributed by atoms with Gasteiger partial charge in [0.1, 0.15) is 6.54 Å². The first-order chi connectivity index (χ1) is 9.09. The Morgan fingerprint density at radius 1 is 1.42 bits per heavy atom. The number of aliphatic carboxylic acids is 1. The second kappa shape index (κ2) is 5.88. The molecule has 1 N–H and O–H groups in total. The summed E-state index contributed by atoms with van der Waals surface area (Å²) in [6.45, 7) is 1.87. The van der Waals surface area contributed by atoms with Crippen LogP contribution in [0, 0.1) is 11.3 Å². The van der Waals surface area contributed by atoms with Crippen molar-refractivity contribution in [1.82, 2.24) is 4.90 Å². The molecular formula is C13H21NO5. The first kappa shape index (κ1) is 14.3. The summed E-state index contributed by atoms with van der Waals surface area (Å²) in [4.78, 5) is 24.6. The minimum atomic E-state index is -0.980. The SMILES string of the molecule is COCCN(CC(=O)O)C(=O)C1CC12CCOCC2. The molecule has 6 nitrogen and oxygen atoms in total. The van der Waals surface area contributed by atoms with E-state index in [4.69, 9.17) is 14.6 Å². The molecule has 19 heavy (non-hydrogen) atoms. The Labute approximate surface area is 112 Å². The van der Waals surface area contributed by atoms with E-state index in [-0.39, 0.29) is 23.8 Å². The molecule has 1 heterocycles. The lowest BCUT2D eigenvalue weighted by atomic mass is 9.93. The zero-order valence-electron chi connectivity index (χ0n) is 11.3. The summed E-state index contributed by atoms with van der Waals surface area (Å²) >= 11 is 0. The van der Waals surface area contributed by atoms with Crippen molar-refractivity contribution in [2.75, 3.05) is 40.0 Å². The fraction of sp³-hybridized carbons (Fsp3) is 0.846. The summed E-state index contributed by atoms with van der Waals surface area (Å²) in [6, 6.07) is 0. The predicted octanol–water partition coefficient (Wildman–Crippen LogP) is 0.363. The van der Waals surface area contributed by atoms with Gasteiger partial charge in [-0.2, -0.15) is 0 Å². The van der Waals surface area contributed by atoms with Gasteiger partial charge in [-0.1, -0.05) is 0 Å². The van der Waals surface area contributed by atoms with E-state index in [1.54, 1.807) is 7.11 Å². The lowest BCUT2D eigenvalue weighted by Crippen LogP contribution is -2.40. The molecule has 1 atom stereocenters. The van der Waals surface area contributed by atoms with E-state index in [9.17, 15) is 9.59 Å². The highest BCUT2D eigenvalue weighted by Crippen LogP contribution is 2.59. The highest BCUT2D eigenvalue weighted by atomic mass is 16.5. The molecule has 1 saturated heterocycles. The van der Waals surface area contributed by atoms with E-state index < -0.39 is 5.97 Å². The number of amides is 1. The Kier molecular flexibility index (Phi) is 4.42. The number of rotatable bonds is 6. The van der Waals surface area contributed by atoms with Gasteiger partial charge in [-0.15, -0.1) is 0 Å². The maximum atomic E-state index is 12.4. The minimum Gasteiger partial charge on any atom is -0.480 e. The Hall–Kier alpha value is -1.14. The molecule has 1 spiro atoms. The number of hydrogen-bond acceptors (Lipinski definition) is 4. The molecule has 0 radical (unpaired) electrons. The summed E-state index contributed by atoms with van der Waals surface area (Å²) < 4.78 is 10.3. The largest absolute Gasteiger partial charge is 0.480 e. The van der Waals surface area contributed by atoms with Crippen molar-refractivity contribution in [1.29, 1.82) is 0 Å². The van der Waals surface area contributed by atoms with Crippen molar-refractivity contribution >= 4 is 11.9 Å². The van der Waals surface area contributed by atoms with Crippen molar-refractivity contribution in [2.45, 2.75) is 19.3 Å². The number of methoxy groups -OCH3 is 1. The third-order valence-corrected chi connectivity index (χ3v) is 4.18. The van der Waals surface area contributed by atoms with Crippen LogP contribution >= 0.6 is 0 Å². The van der Waals surface area contributed by atoms with E-state index in [1.165, 1.54) is 4.90 Å². The van der Waals surface area contributed by atoms with Crippen molar-refractivity contribution in [3.05, 3.63) is 0 Å². The first-order valence-corrected chi connectivity index (χ1v) is 6.66. The number of carbonyl (C=O) groups excluding carboxylic acids is 1. The van der Waals surface area contributed by atoms with Crippen LogP contribution < -0.4 is 0 Å². The molecule has 2 aliphatic rings. The van der Waals surface area contributed by atoms with Gasteiger partial charge in [0.2, 0.25) is 5.91 Å². The van der Waals surface area contributed by atoms with E-state index in [1.807, 2.05) is 0 Å². The summed E-state index contributed by atoms with van der Waals surface area (Å²) in [5.74, 6) is -1.04. The monoisotopic (exact) mass is 271 g/mol. The van der Waals surface area contributed by atoms with Gasteiger partial charge < -0.3 is 19.5 Å². The Morgan fingerprint density at radius 3 is 2.68 bits per heavy atom. The number of carbonyl (C=O) groups is 2. The number of carboxylic acid groups (broad SMARTS) is 1. The smallest absolute Gasteiger partial charge is 0.323 e. The highest BCUT2D eigenvalue weighted by molar-refractivity contribution is 5.86. The molecule has 0 aromatic carbocycles. The van der Waals surface area contributed by atoms with Crippen LogP contribution in [0.25, 0.3) is 0 Å². The van der Waals surface area contributed by atoms with Crippen LogP contribution in [0.1, 0.15) is 19.3 Å².